The number of guanidine groups is 1. The first kappa shape index (κ1) is 11.1. The lowest BCUT2D eigenvalue weighted by Crippen LogP contribution is -2.51. The van der Waals surface area contributed by atoms with Crippen molar-refractivity contribution in [2.75, 3.05) is 19.6 Å². The minimum absolute atomic E-state index is 0.0803. The van der Waals surface area contributed by atoms with Gasteiger partial charge in [0, 0.05) is 18.7 Å². The van der Waals surface area contributed by atoms with Crippen LogP contribution < -0.4 is 5.32 Å². The zero-order valence-electron chi connectivity index (χ0n) is 10.1. The molecule has 0 radical (unpaired) electrons. The summed E-state index contributed by atoms with van der Waals surface area (Å²) in [6, 6.07) is 3.65. The highest BCUT2D eigenvalue weighted by Gasteiger charge is 2.26. The molecular weight excluding hydrogens is 230 g/mol. The predicted octanol–water partition coefficient (Wildman–Crippen LogP) is 1.24. The number of aliphatic imine (C=N–C) groups is 1. The number of carbonyl (C=O) groups excluding carboxylic acids is 1. The largest absolute Gasteiger partial charge is 0.465 e. The van der Waals surface area contributed by atoms with Crippen molar-refractivity contribution in [2.45, 2.75) is 12.8 Å². The predicted molar refractivity (Wildman–Crippen MR) is 67.9 cm³/mol. The molecule has 3 rings (SSSR count). The molecule has 1 fully saturated rings. The Bertz CT molecular complexity index is 502. The molecule has 1 aromatic heterocycles. The van der Waals surface area contributed by atoms with Crippen LogP contribution in [-0.4, -0.2) is 36.4 Å². The zero-order valence-corrected chi connectivity index (χ0v) is 10.1. The Labute approximate surface area is 105 Å². The molecule has 0 bridgehead atoms. The summed E-state index contributed by atoms with van der Waals surface area (Å²) in [6.45, 7) is 2.34. The average molecular weight is 245 g/mol. The number of hydrogen-bond donors (Lipinski definition) is 1. The van der Waals surface area contributed by atoms with Gasteiger partial charge in [-0.15, -0.1) is 0 Å². The Hall–Kier alpha value is -2.04. The lowest BCUT2D eigenvalue weighted by molar-refractivity contribution is -0.117. The van der Waals surface area contributed by atoms with Gasteiger partial charge in [0.1, 0.15) is 5.76 Å². The summed E-state index contributed by atoms with van der Waals surface area (Å²) in [5.41, 5.74) is 0.714. The molecule has 1 amide bonds. The minimum atomic E-state index is -0.0803. The van der Waals surface area contributed by atoms with Gasteiger partial charge in [0.25, 0.3) is 5.91 Å². The average Bonchev–Trinajstić information content (AvgIpc) is 2.76. The molecule has 0 aromatic carbocycles. The van der Waals surface area contributed by atoms with E-state index < -0.39 is 0 Å². The van der Waals surface area contributed by atoms with Crippen molar-refractivity contribution in [3.63, 3.8) is 0 Å². The van der Waals surface area contributed by atoms with Gasteiger partial charge < -0.3 is 9.32 Å². The summed E-state index contributed by atoms with van der Waals surface area (Å²) in [6.07, 6.45) is 5.58. The van der Waals surface area contributed by atoms with Crippen LogP contribution in [0.2, 0.25) is 0 Å². The second-order valence-corrected chi connectivity index (χ2v) is 4.47. The molecule has 5 heteroatoms. The van der Waals surface area contributed by atoms with Gasteiger partial charge in [0.2, 0.25) is 5.96 Å². The highest BCUT2D eigenvalue weighted by Crippen LogP contribution is 2.15. The lowest BCUT2D eigenvalue weighted by Gasteiger charge is -2.30. The summed E-state index contributed by atoms with van der Waals surface area (Å²) >= 11 is 0. The Balaban J connectivity index is 1.84. The Kier molecular flexibility index (Phi) is 2.88. The van der Waals surface area contributed by atoms with Gasteiger partial charge in [0.15, 0.2) is 0 Å². The lowest BCUT2D eigenvalue weighted by atomic mass is 10.1. The van der Waals surface area contributed by atoms with E-state index in [0.29, 0.717) is 23.8 Å². The van der Waals surface area contributed by atoms with Crippen LogP contribution in [0, 0.1) is 0 Å². The molecule has 0 saturated carbocycles. The number of nitrogens with one attached hydrogen (secondary N) is 1. The molecule has 3 heterocycles. The van der Waals surface area contributed by atoms with Gasteiger partial charge >= 0.3 is 0 Å². The zero-order chi connectivity index (χ0) is 12.4. The highest BCUT2D eigenvalue weighted by molar-refractivity contribution is 6.10. The van der Waals surface area contributed by atoms with Crippen LogP contribution in [0.15, 0.2) is 33.4 Å². The van der Waals surface area contributed by atoms with Crippen molar-refractivity contribution in [3.8, 4) is 0 Å². The smallest absolute Gasteiger partial charge is 0.255 e. The summed E-state index contributed by atoms with van der Waals surface area (Å²) in [4.78, 5) is 18.5. The fourth-order valence-electron chi connectivity index (χ4n) is 2.19. The van der Waals surface area contributed by atoms with Crippen LogP contribution in [0.25, 0.3) is 6.08 Å². The highest BCUT2D eigenvalue weighted by atomic mass is 16.3. The molecule has 0 atom stereocenters. The van der Waals surface area contributed by atoms with E-state index in [9.17, 15) is 4.79 Å². The second kappa shape index (κ2) is 4.68. The third kappa shape index (κ3) is 2.16. The van der Waals surface area contributed by atoms with Crippen LogP contribution in [0.1, 0.15) is 18.6 Å². The molecule has 1 N–H and O–H groups in total. The first-order valence-electron chi connectivity index (χ1n) is 6.18. The van der Waals surface area contributed by atoms with Crippen molar-refractivity contribution >= 4 is 17.9 Å². The standard InChI is InChI=1S/C13H15N3O2/c17-12-10(8-11-4-3-7-18-11)9-16-6-2-1-5-14-13(16)15-12/h3-4,7-8H,1-2,5-6,9H2,(H,14,15,17)/b10-8-. The van der Waals surface area contributed by atoms with Crippen molar-refractivity contribution < 1.29 is 9.21 Å². The maximum Gasteiger partial charge on any atom is 0.255 e. The molecule has 2 aliphatic heterocycles. The number of furan rings is 1. The van der Waals surface area contributed by atoms with E-state index in [0.717, 1.165) is 25.9 Å². The number of rotatable bonds is 1. The van der Waals surface area contributed by atoms with E-state index >= 15 is 0 Å². The van der Waals surface area contributed by atoms with E-state index in [1.807, 2.05) is 12.1 Å². The molecular formula is C13H15N3O2. The van der Waals surface area contributed by atoms with Crippen molar-refractivity contribution in [1.82, 2.24) is 10.2 Å². The monoisotopic (exact) mass is 245 g/mol. The van der Waals surface area contributed by atoms with Crippen molar-refractivity contribution in [2.24, 2.45) is 4.99 Å². The molecule has 1 saturated heterocycles. The Morgan fingerprint density at radius 1 is 1.44 bits per heavy atom. The van der Waals surface area contributed by atoms with Crippen LogP contribution in [-0.2, 0) is 4.79 Å². The molecule has 18 heavy (non-hydrogen) atoms. The fourth-order valence-corrected chi connectivity index (χ4v) is 2.19. The summed E-state index contributed by atoms with van der Waals surface area (Å²) in [5, 5.41) is 2.85. The third-order valence-electron chi connectivity index (χ3n) is 3.14. The van der Waals surface area contributed by atoms with Gasteiger partial charge in [-0.05, 0) is 31.1 Å². The first-order valence-corrected chi connectivity index (χ1v) is 6.18. The Morgan fingerprint density at radius 3 is 3.22 bits per heavy atom. The van der Waals surface area contributed by atoms with E-state index in [1.54, 1.807) is 12.3 Å². The van der Waals surface area contributed by atoms with E-state index in [4.69, 9.17) is 4.42 Å². The van der Waals surface area contributed by atoms with Crippen molar-refractivity contribution in [3.05, 3.63) is 29.7 Å². The van der Waals surface area contributed by atoms with Gasteiger partial charge in [-0.2, -0.15) is 0 Å². The van der Waals surface area contributed by atoms with Crippen LogP contribution >= 0.6 is 0 Å². The summed E-state index contributed by atoms with van der Waals surface area (Å²) < 4.78 is 5.24. The van der Waals surface area contributed by atoms with E-state index in [-0.39, 0.29) is 5.91 Å². The molecule has 0 aliphatic carbocycles. The van der Waals surface area contributed by atoms with Crippen LogP contribution in [0.3, 0.4) is 0 Å². The summed E-state index contributed by atoms with van der Waals surface area (Å²) in [7, 11) is 0. The Morgan fingerprint density at radius 2 is 2.39 bits per heavy atom. The minimum Gasteiger partial charge on any atom is -0.465 e. The number of nitrogens with zero attached hydrogens (tertiary/aromatic N) is 2. The SMILES string of the molecule is O=C1NC2=NCCCCN2C/C1=C/c1ccco1. The normalized spacial score (nSPS) is 22.2. The maximum atomic E-state index is 12.0. The van der Waals surface area contributed by atoms with Crippen LogP contribution in [0.5, 0.6) is 0 Å². The molecule has 5 nitrogen and oxygen atoms in total. The van der Waals surface area contributed by atoms with Gasteiger partial charge in [-0.3, -0.25) is 15.1 Å². The molecule has 1 aromatic rings. The topological polar surface area (TPSA) is 57.8 Å². The van der Waals surface area contributed by atoms with Crippen LogP contribution in [0.4, 0.5) is 0 Å². The summed E-state index contributed by atoms with van der Waals surface area (Å²) in [5.74, 6) is 1.34. The number of amides is 1. The fraction of sp³-hybridized carbons (Fsp3) is 0.385. The van der Waals surface area contributed by atoms with Gasteiger partial charge in [-0.25, -0.2) is 0 Å². The number of carbonyl (C=O) groups is 1. The molecule has 94 valence electrons. The van der Waals surface area contributed by atoms with E-state index in [2.05, 4.69) is 15.2 Å². The molecule has 0 spiro atoms. The van der Waals surface area contributed by atoms with Gasteiger partial charge in [0.05, 0.1) is 12.8 Å². The quantitative estimate of drug-likeness (QED) is 0.757. The molecule has 0 unspecified atom stereocenters. The van der Waals surface area contributed by atoms with E-state index in [1.165, 1.54) is 0 Å². The first-order chi connectivity index (χ1) is 8.83. The van der Waals surface area contributed by atoms with Gasteiger partial charge in [-0.1, -0.05) is 0 Å². The number of fused-ring (bicyclic) bond motifs is 1. The second-order valence-electron chi connectivity index (χ2n) is 4.47. The maximum absolute atomic E-state index is 12.0. The third-order valence-corrected chi connectivity index (χ3v) is 3.14. The molecule has 2 aliphatic rings. The number of hydrogen-bond acceptors (Lipinski definition) is 4. The van der Waals surface area contributed by atoms with Crippen molar-refractivity contribution in [1.29, 1.82) is 0 Å².